The molecule has 2 aromatic carbocycles. The topological polar surface area (TPSA) is 56.1 Å². The molecule has 6 nitrogen and oxygen atoms in total. The Bertz CT molecular complexity index is 1400. The van der Waals surface area contributed by atoms with Crippen LogP contribution in [0.25, 0.3) is 11.4 Å². The van der Waals surface area contributed by atoms with Crippen molar-refractivity contribution in [3.8, 4) is 23.2 Å². The molecule has 1 aliphatic carbocycles. The Morgan fingerprint density at radius 2 is 1.71 bits per heavy atom. The lowest BCUT2D eigenvalue weighted by Crippen LogP contribution is -2.25. The van der Waals surface area contributed by atoms with Gasteiger partial charge in [-0.25, -0.2) is 23.7 Å². The van der Waals surface area contributed by atoms with Gasteiger partial charge in [0.25, 0.3) is 0 Å². The molecule has 1 aliphatic heterocycles. The molecule has 1 saturated carbocycles. The van der Waals surface area contributed by atoms with Gasteiger partial charge in [0.15, 0.2) is 11.6 Å². The second kappa shape index (κ2) is 8.04. The van der Waals surface area contributed by atoms with E-state index in [0.29, 0.717) is 18.2 Å². The maximum absolute atomic E-state index is 15.3. The predicted octanol–water partition coefficient (Wildman–Crippen LogP) is 4.63. The van der Waals surface area contributed by atoms with E-state index in [9.17, 15) is 0 Å². The number of nitrogens with zero attached hydrogens (tertiary/aromatic N) is 5. The van der Waals surface area contributed by atoms with Crippen molar-refractivity contribution < 1.29 is 13.5 Å². The molecule has 0 unspecified atom stereocenters. The molecule has 1 fully saturated rings. The minimum absolute atomic E-state index is 0.0230. The lowest BCUT2D eigenvalue weighted by Gasteiger charge is -2.24. The van der Waals surface area contributed by atoms with Gasteiger partial charge in [-0.05, 0) is 43.2 Å². The van der Waals surface area contributed by atoms with Crippen molar-refractivity contribution in [2.45, 2.75) is 18.4 Å². The predicted molar refractivity (Wildman–Crippen MR) is 122 cm³/mol. The fraction of sp³-hybridized carbons (Fsp3) is 0.192. The summed E-state index contributed by atoms with van der Waals surface area (Å²) in [6, 6.07) is 13.6. The van der Waals surface area contributed by atoms with Gasteiger partial charge in [0, 0.05) is 17.3 Å². The first-order valence-corrected chi connectivity index (χ1v) is 10.9. The fourth-order valence-electron chi connectivity index (χ4n) is 4.31. The van der Waals surface area contributed by atoms with Crippen LogP contribution >= 0.6 is 0 Å². The van der Waals surface area contributed by atoms with Crippen LogP contribution in [0.1, 0.15) is 24.0 Å². The van der Waals surface area contributed by atoms with Gasteiger partial charge in [-0.15, -0.1) is 0 Å². The van der Waals surface area contributed by atoms with Crippen molar-refractivity contribution >= 4 is 11.6 Å². The van der Waals surface area contributed by atoms with Crippen LogP contribution in [0.4, 0.5) is 20.4 Å². The van der Waals surface area contributed by atoms with Crippen LogP contribution in [0.3, 0.4) is 0 Å². The van der Waals surface area contributed by atoms with E-state index >= 15 is 8.78 Å². The van der Waals surface area contributed by atoms with Crippen molar-refractivity contribution in [3.05, 3.63) is 90.0 Å². The van der Waals surface area contributed by atoms with Crippen molar-refractivity contribution in [1.82, 2.24) is 19.5 Å². The van der Waals surface area contributed by atoms with Crippen molar-refractivity contribution in [3.63, 3.8) is 0 Å². The summed E-state index contributed by atoms with van der Waals surface area (Å²) in [5.74, 6) is 4.73. The highest BCUT2D eigenvalue weighted by Gasteiger charge is 2.50. The molecule has 1 spiro atoms. The van der Waals surface area contributed by atoms with Crippen LogP contribution < -0.4 is 4.90 Å². The first-order chi connectivity index (χ1) is 16.6. The molecule has 0 saturated heterocycles. The Balaban J connectivity index is 1.43. The summed E-state index contributed by atoms with van der Waals surface area (Å²) in [6.07, 6.45) is 6.59. The van der Waals surface area contributed by atoms with Crippen LogP contribution in [0.5, 0.6) is 0 Å². The minimum atomic E-state index is -0.731. The number of hydrogen-bond donors (Lipinski definition) is 0. The van der Waals surface area contributed by atoms with Crippen molar-refractivity contribution in [2.75, 3.05) is 18.2 Å². The summed E-state index contributed by atoms with van der Waals surface area (Å²) >= 11 is 0. The zero-order valence-electron chi connectivity index (χ0n) is 18.1. The van der Waals surface area contributed by atoms with Gasteiger partial charge in [0.2, 0.25) is 5.95 Å². The third-order valence-electron chi connectivity index (χ3n) is 6.13. The highest BCUT2D eigenvalue weighted by atomic mass is 19.1. The lowest BCUT2D eigenvalue weighted by atomic mass is 10.1. The third-order valence-corrected chi connectivity index (χ3v) is 6.13. The zero-order chi connectivity index (χ0) is 23.1. The van der Waals surface area contributed by atoms with Gasteiger partial charge >= 0.3 is 0 Å². The number of fused-ring (bicyclic) bond motifs is 2. The Kier molecular flexibility index (Phi) is 4.85. The number of aromatic nitrogens is 4. The Morgan fingerprint density at radius 3 is 2.41 bits per heavy atom. The molecule has 0 bridgehead atoms. The van der Waals surface area contributed by atoms with Gasteiger partial charge in [-0.2, -0.15) is 0 Å². The van der Waals surface area contributed by atoms with Crippen molar-refractivity contribution in [2.24, 2.45) is 0 Å². The highest BCUT2D eigenvalue weighted by Crippen LogP contribution is 2.50. The molecule has 0 N–H and O–H groups in total. The summed E-state index contributed by atoms with van der Waals surface area (Å²) in [4.78, 5) is 14.3. The van der Waals surface area contributed by atoms with E-state index in [0.717, 1.165) is 24.1 Å². The number of hydrogen-bond acceptors (Lipinski definition) is 5. The molecule has 34 heavy (non-hydrogen) atoms. The molecule has 6 rings (SSSR count). The molecule has 0 radical (unpaired) electrons. The standard InChI is InChI=1S/C26H19F2N5O/c27-20-12-19(7-6-18-4-2-1-3-5-18)13-21(28)24(20)32-17-34-15-26(9-10-26)33-23(14-30-25(32)33)22-8-11-29-16-31-22/h1-5,8,11-14,16H,9-10,15,17H2. The minimum Gasteiger partial charge on any atom is -0.358 e. The first kappa shape index (κ1) is 20.5. The quantitative estimate of drug-likeness (QED) is 0.413. The molecular formula is C26H19F2N5O. The van der Waals surface area contributed by atoms with E-state index in [4.69, 9.17) is 4.74 Å². The highest BCUT2D eigenvalue weighted by molar-refractivity contribution is 5.66. The number of rotatable bonds is 2. The Morgan fingerprint density at radius 1 is 0.941 bits per heavy atom. The Hall–Kier alpha value is -4.09. The second-order valence-corrected chi connectivity index (χ2v) is 8.41. The van der Waals surface area contributed by atoms with E-state index < -0.39 is 11.6 Å². The van der Waals surface area contributed by atoms with Gasteiger partial charge in [-0.1, -0.05) is 30.0 Å². The van der Waals surface area contributed by atoms with Crippen LogP contribution in [-0.4, -0.2) is 32.9 Å². The van der Waals surface area contributed by atoms with Crippen LogP contribution in [0.15, 0.2) is 67.3 Å². The van der Waals surface area contributed by atoms with Crippen LogP contribution in [0.2, 0.25) is 0 Å². The first-order valence-electron chi connectivity index (χ1n) is 10.9. The van der Waals surface area contributed by atoms with Gasteiger partial charge in [-0.3, -0.25) is 9.47 Å². The average Bonchev–Trinajstić information content (AvgIpc) is 3.54. The number of ether oxygens (including phenoxy) is 1. The van der Waals surface area contributed by atoms with E-state index in [2.05, 4.69) is 26.8 Å². The van der Waals surface area contributed by atoms with Gasteiger partial charge in [0.1, 0.15) is 18.7 Å². The van der Waals surface area contributed by atoms with E-state index in [1.54, 1.807) is 18.5 Å². The van der Waals surface area contributed by atoms with Crippen molar-refractivity contribution in [1.29, 1.82) is 0 Å². The zero-order valence-corrected chi connectivity index (χ0v) is 18.1. The smallest absolute Gasteiger partial charge is 0.213 e. The molecule has 0 atom stereocenters. The number of benzene rings is 2. The normalized spacial score (nSPS) is 15.9. The van der Waals surface area contributed by atoms with Gasteiger partial charge in [0.05, 0.1) is 29.7 Å². The molecule has 0 amide bonds. The lowest BCUT2D eigenvalue weighted by molar-refractivity contribution is 0.110. The number of anilines is 2. The summed E-state index contributed by atoms with van der Waals surface area (Å²) < 4.78 is 38.5. The second-order valence-electron chi connectivity index (χ2n) is 8.41. The number of imidazole rings is 1. The summed E-state index contributed by atoms with van der Waals surface area (Å²) in [5.41, 5.74) is 1.95. The van der Waals surface area contributed by atoms with E-state index in [-0.39, 0.29) is 23.5 Å². The largest absolute Gasteiger partial charge is 0.358 e. The molecule has 2 aromatic heterocycles. The molecule has 8 heteroatoms. The van der Waals surface area contributed by atoms with Gasteiger partial charge < -0.3 is 4.74 Å². The van der Waals surface area contributed by atoms with Crippen LogP contribution in [0, 0.1) is 23.5 Å². The van der Waals surface area contributed by atoms with E-state index in [1.165, 1.54) is 23.4 Å². The molecule has 4 aromatic rings. The molecule has 3 heterocycles. The number of halogens is 2. The van der Waals surface area contributed by atoms with E-state index in [1.807, 2.05) is 34.9 Å². The summed E-state index contributed by atoms with van der Waals surface area (Å²) in [5, 5.41) is 0. The van der Waals surface area contributed by atoms with Crippen LogP contribution in [-0.2, 0) is 10.3 Å². The molecular weight excluding hydrogens is 436 g/mol. The maximum atomic E-state index is 15.3. The molecule has 2 aliphatic rings. The molecule has 168 valence electrons. The third kappa shape index (κ3) is 3.51. The summed E-state index contributed by atoms with van der Waals surface area (Å²) in [6.45, 7) is 0.402. The monoisotopic (exact) mass is 455 g/mol. The fourth-order valence-corrected chi connectivity index (χ4v) is 4.31. The Labute approximate surface area is 194 Å². The summed E-state index contributed by atoms with van der Waals surface area (Å²) in [7, 11) is 0. The SMILES string of the molecule is Fc1cc(C#Cc2ccccc2)cc(F)c1N1COCC2(CC2)n2c(-c3ccncn3)cnc21. The average molecular weight is 455 g/mol. The maximum Gasteiger partial charge on any atom is 0.213 e.